The molecule has 0 bridgehead atoms. The first kappa shape index (κ1) is 12.1. The van der Waals surface area contributed by atoms with E-state index in [0.29, 0.717) is 0 Å². The summed E-state index contributed by atoms with van der Waals surface area (Å²) >= 11 is 0. The van der Waals surface area contributed by atoms with E-state index in [1.807, 2.05) is 0 Å². The van der Waals surface area contributed by atoms with Crippen molar-refractivity contribution in [3.8, 4) is 0 Å². The third-order valence-electron chi connectivity index (χ3n) is 1.46. The van der Waals surface area contributed by atoms with Crippen LogP contribution in [0.2, 0.25) is 0 Å². The minimum atomic E-state index is -1.19. The van der Waals surface area contributed by atoms with Gasteiger partial charge in [0.05, 0.1) is 19.3 Å². The standard InChI is InChI=1S/C8H14O5/c1-2-8(12)13-4-3-6(10)7(11)5-9/h2,6-7,9-11H,1,3-5H2. The van der Waals surface area contributed by atoms with Crippen LogP contribution in [0.4, 0.5) is 0 Å². The van der Waals surface area contributed by atoms with Crippen molar-refractivity contribution >= 4 is 5.97 Å². The van der Waals surface area contributed by atoms with Crippen molar-refractivity contribution in [3.05, 3.63) is 12.7 Å². The summed E-state index contributed by atoms with van der Waals surface area (Å²) in [4.78, 5) is 10.5. The van der Waals surface area contributed by atoms with Gasteiger partial charge in [0.2, 0.25) is 0 Å². The van der Waals surface area contributed by atoms with Gasteiger partial charge in [-0.3, -0.25) is 0 Å². The molecule has 0 aliphatic rings. The van der Waals surface area contributed by atoms with Gasteiger partial charge in [-0.25, -0.2) is 4.79 Å². The second-order valence-electron chi connectivity index (χ2n) is 2.48. The maximum absolute atomic E-state index is 10.5. The number of esters is 1. The zero-order valence-corrected chi connectivity index (χ0v) is 7.22. The van der Waals surface area contributed by atoms with Crippen LogP contribution in [0.3, 0.4) is 0 Å². The fourth-order valence-electron chi connectivity index (χ4n) is 0.653. The Morgan fingerprint density at radius 2 is 2.08 bits per heavy atom. The molecule has 13 heavy (non-hydrogen) atoms. The highest BCUT2D eigenvalue weighted by Crippen LogP contribution is 1.98. The minimum absolute atomic E-state index is 0.0108. The fraction of sp³-hybridized carbons (Fsp3) is 0.625. The normalized spacial score (nSPS) is 14.7. The van der Waals surface area contributed by atoms with Crippen LogP contribution in [0.25, 0.3) is 0 Å². The Balaban J connectivity index is 3.52. The lowest BCUT2D eigenvalue weighted by Gasteiger charge is -2.14. The number of aliphatic hydroxyl groups is 3. The molecule has 0 heterocycles. The highest BCUT2D eigenvalue weighted by Gasteiger charge is 2.14. The van der Waals surface area contributed by atoms with Crippen molar-refractivity contribution in [1.29, 1.82) is 0 Å². The van der Waals surface area contributed by atoms with Crippen LogP contribution in [-0.2, 0) is 9.53 Å². The second kappa shape index (κ2) is 6.59. The Hall–Kier alpha value is -0.910. The average Bonchev–Trinajstić information content (AvgIpc) is 2.15. The van der Waals surface area contributed by atoms with Gasteiger partial charge < -0.3 is 20.1 Å². The first-order valence-electron chi connectivity index (χ1n) is 3.88. The number of ether oxygens (including phenoxy) is 1. The van der Waals surface area contributed by atoms with Crippen molar-refractivity contribution in [2.24, 2.45) is 0 Å². The Kier molecular flexibility index (Phi) is 6.13. The maximum atomic E-state index is 10.5. The number of rotatable bonds is 6. The number of carbonyl (C=O) groups is 1. The molecule has 3 N–H and O–H groups in total. The SMILES string of the molecule is C=CC(=O)OCCC(O)C(O)CO. The third-order valence-corrected chi connectivity index (χ3v) is 1.46. The summed E-state index contributed by atoms with van der Waals surface area (Å²) in [5.41, 5.74) is 0. The van der Waals surface area contributed by atoms with Crippen LogP contribution >= 0.6 is 0 Å². The van der Waals surface area contributed by atoms with Gasteiger partial charge in [-0.1, -0.05) is 6.58 Å². The van der Waals surface area contributed by atoms with E-state index in [2.05, 4.69) is 11.3 Å². The van der Waals surface area contributed by atoms with Crippen LogP contribution in [0.5, 0.6) is 0 Å². The van der Waals surface area contributed by atoms with Gasteiger partial charge in [-0.15, -0.1) is 0 Å². The lowest BCUT2D eigenvalue weighted by molar-refractivity contribution is -0.139. The van der Waals surface area contributed by atoms with Crippen molar-refractivity contribution in [2.75, 3.05) is 13.2 Å². The first-order valence-corrected chi connectivity index (χ1v) is 3.88. The Morgan fingerprint density at radius 1 is 1.46 bits per heavy atom. The summed E-state index contributed by atoms with van der Waals surface area (Å²) in [5, 5.41) is 26.4. The molecule has 0 aromatic rings. The molecule has 0 radical (unpaired) electrons. The molecule has 0 aliphatic heterocycles. The van der Waals surface area contributed by atoms with Gasteiger partial charge >= 0.3 is 5.97 Å². The largest absolute Gasteiger partial charge is 0.462 e. The molecule has 5 nitrogen and oxygen atoms in total. The summed E-state index contributed by atoms with van der Waals surface area (Å²) in [6, 6.07) is 0. The summed E-state index contributed by atoms with van der Waals surface area (Å²) in [5.74, 6) is -0.578. The van der Waals surface area contributed by atoms with E-state index in [1.165, 1.54) is 0 Å². The van der Waals surface area contributed by atoms with Gasteiger partial charge in [0, 0.05) is 12.5 Å². The maximum Gasteiger partial charge on any atom is 0.330 e. The molecule has 76 valence electrons. The van der Waals surface area contributed by atoms with Crippen molar-refractivity contribution in [3.63, 3.8) is 0 Å². The summed E-state index contributed by atoms with van der Waals surface area (Å²) < 4.78 is 4.55. The fourth-order valence-corrected chi connectivity index (χ4v) is 0.653. The van der Waals surface area contributed by atoms with Crippen LogP contribution in [0.15, 0.2) is 12.7 Å². The quantitative estimate of drug-likeness (QED) is 0.362. The zero-order chi connectivity index (χ0) is 10.3. The predicted octanol–water partition coefficient (Wildman–Crippen LogP) is -1.18. The average molecular weight is 190 g/mol. The predicted molar refractivity (Wildman–Crippen MR) is 44.9 cm³/mol. The Morgan fingerprint density at radius 3 is 2.54 bits per heavy atom. The summed E-state index contributed by atoms with van der Waals surface area (Å²) in [6.07, 6.45) is -1.18. The Labute approximate surface area is 76.3 Å². The number of hydrogen-bond acceptors (Lipinski definition) is 5. The molecule has 0 saturated carbocycles. The van der Waals surface area contributed by atoms with E-state index in [4.69, 9.17) is 15.3 Å². The molecule has 0 rings (SSSR count). The van der Waals surface area contributed by atoms with Crippen LogP contribution < -0.4 is 0 Å². The Bertz CT molecular complexity index is 168. The van der Waals surface area contributed by atoms with E-state index in [9.17, 15) is 4.79 Å². The molecular weight excluding hydrogens is 176 g/mol. The van der Waals surface area contributed by atoms with Gasteiger partial charge in [-0.2, -0.15) is 0 Å². The minimum Gasteiger partial charge on any atom is -0.462 e. The molecule has 2 atom stereocenters. The second-order valence-corrected chi connectivity index (χ2v) is 2.48. The molecule has 0 aromatic heterocycles. The molecule has 2 unspecified atom stereocenters. The number of carbonyl (C=O) groups excluding carboxylic acids is 1. The van der Waals surface area contributed by atoms with Gasteiger partial charge in [0.15, 0.2) is 0 Å². The zero-order valence-electron chi connectivity index (χ0n) is 7.22. The molecular formula is C8H14O5. The molecule has 0 spiro atoms. The van der Waals surface area contributed by atoms with E-state index >= 15 is 0 Å². The van der Waals surface area contributed by atoms with Crippen molar-refractivity contribution in [2.45, 2.75) is 18.6 Å². The van der Waals surface area contributed by atoms with Crippen LogP contribution in [0, 0.1) is 0 Å². The monoisotopic (exact) mass is 190 g/mol. The topological polar surface area (TPSA) is 87.0 Å². The molecule has 5 heteroatoms. The van der Waals surface area contributed by atoms with E-state index in [1.54, 1.807) is 0 Å². The van der Waals surface area contributed by atoms with Crippen molar-refractivity contribution < 1.29 is 24.9 Å². The van der Waals surface area contributed by atoms with Crippen LogP contribution in [-0.4, -0.2) is 46.7 Å². The van der Waals surface area contributed by atoms with Gasteiger partial charge in [-0.05, 0) is 0 Å². The van der Waals surface area contributed by atoms with Crippen molar-refractivity contribution in [1.82, 2.24) is 0 Å². The number of hydrogen-bond donors (Lipinski definition) is 3. The van der Waals surface area contributed by atoms with E-state index in [0.717, 1.165) is 6.08 Å². The van der Waals surface area contributed by atoms with E-state index < -0.39 is 24.8 Å². The smallest absolute Gasteiger partial charge is 0.330 e. The molecule has 0 amide bonds. The lowest BCUT2D eigenvalue weighted by atomic mass is 10.1. The third kappa shape index (κ3) is 5.35. The van der Waals surface area contributed by atoms with Gasteiger partial charge in [0.1, 0.15) is 6.10 Å². The molecule has 0 saturated heterocycles. The van der Waals surface area contributed by atoms with E-state index in [-0.39, 0.29) is 13.0 Å². The molecule has 0 aliphatic carbocycles. The highest BCUT2D eigenvalue weighted by molar-refractivity contribution is 5.81. The number of aliphatic hydroxyl groups excluding tert-OH is 3. The summed E-state index contributed by atoms with van der Waals surface area (Å²) in [7, 11) is 0. The highest BCUT2D eigenvalue weighted by atomic mass is 16.5. The molecule has 0 aromatic carbocycles. The molecule has 0 fully saturated rings. The summed E-state index contributed by atoms with van der Waals surface area (Å²) in [6.45, 7) is 2.66. The van der Waals surface area contributed by atoms with Crippen LogP contribution in [0.1, 0.15) is 6.42 Å². The first-order chi connectivity index (χ1) is 6.11. The van der Waals surface area contributed by atoms with Gasteiger partial charge in [0.25, 0.3) is 0 Å². The lowest BCUT2D eigenvalue weighted by Crippen LogP contribution is -2.30.